The monoisotopic (exact) mass is 216 g/mol. The molecule has 0 amide bonds. The number of carboxylic acid groups (broad SMARTS) is 1. The molecule has 0 heterocycles. The fourth-order valence-electron chi connectivity index (χ4n) is 1.09. The van der Waals surface area contributed by atoms with E-state index in [4.69, 9.17) is 5.11 Å². The highest BCUT2D eigenvalue weighted by Crippen LogP contribution is 2.20. The van der Waals surface area contributed by atoms with Gasteiger partial charge in [-0.15, -0.1) is 0 Å². The van der Waals surface area contributed by atoms with Gasteiger partial charge in [-0.25, -0.2) is 18.0 Å². The molecule has 0 radical (unpaired) electrons. The highest BCUT2D eigenvalue weighted by Gasteiger charge is 2.13. The number of benzene rings is 1. The SMILES string of the molecule is Cc1c(F)c(F)cc(F)c1/C=C/C(=O)O. The molecule has 0 aliphatic carbocycles. The highest BCUT2D eigenvalue weighted by atomic mass is 19.2. The molecule has 0 atom stereocenters. The molecule has 0 saturated heterocycles. The molecule has 80 valence electrons. The van der Waals surface area contributed by atoms with Crippen molar-refractivity contribution >= 4 is 12.0 Å². The number of aliphatic carboxylic acids is 1. The Labute approximate surface area is 83.7 Å². The molecule has 0 aliphatic heterocycles. The molecule has 0 bridgehead atoms. The van der Waals surface area contributed by atoms with Gasteiger partial charge in [-0.3, -0.25) is 0 Å². The van der Waals surface area contributed by atoms with Crippen molar-refractivity contribution < 1.29 is 23.1 Å². The third-order valence-corrected chi connectivity index (χ3v) is 1.85. The molecule has 15 heavy (non-hydrogen) atoms. The quantitative estimate of drug-likeness (QED) is 0.609. The van der Waals surface area contributed by atoms with Gasteiger partial charge in [0, 0.05) is 17.7 Å². The van der Waals surface area contributed by atoms with Crippen molar-refractivity contribution in [1.29, 1.82) is 0 Å². The lowest BCUT2D eigenvalue weighted by Crippen LogP contribution is -1.97. The van der Waals surface area contributed by atoms with E-state index in [1.54, 1.807) is 0 Å². The molecule has 0 aliphatic rings. The minimum Gasteiger partial charge on any atom is -0.478 e. The summed E-state index contributed by atoms with van der Waals surface area (Å²) in [5.41, 5.74) is -0.527. The second kappa shape index (κ2) is 4.16. The van der Waals surface area contributed by atoms with E-state index in [0.717, 1.165) is 6.08 Å². The van der Waals surface area contributed by atoms with E-state index in [1.165, 1.54) is 6.92 Å². The van der Waals surface area contributed by atoms with Gasteiger partial charge in [0.05, 0.1) is 0 Å². The zero-order chi connectivity index (χ0) is 11.6. The second-order valence-corrected chi connectivity index (χ2v) is 2.86. The van der Waals surface area contributed by atoms with Crippen molar-refractivity contribution in [1.82, 2.24) is 0 Å². The van der Waals surface area contributed by atoms with Crippen molar-refractivity contribution in [3.8, 4) is 0 Å². The van der Waals surface area contributed by atoms with E-state index < -0.39 is 23.4 Å². The van der Waals surface area contributed by atoms with Crippen molar-refractivity contribution in [2.45, 2.75) is 6.92 Å². The zero-order valence-corrected chi connectivity index (χ0v) is 7.72. The average Bonchev–Trinajstić information content (AvgIpc) is 2.14. The second-order valence-electron chi connectivity index (χ2n) is 2.86. The molecule has 0 aromatic heterocycles. The summed E-state index contributed by atoms with van der Waals surface area (Å²) in [6, 6.07) is 0.379. The first-order chi connectivity index (χ1) is 6.93. The van der Waals surface area contributed by atoms with Crippen LogP contribution in [-0.4, -0.2) is 11.1 Å². The van der Waals surface area contributed by atoms with Crippen LogP contribution in [0.4, 0.5) is 13.2 Å². The summed E-state index contributed by atoms with van der Waals surface area (Å²) < 4.78 is 38.7. The maximum absolute atomic E-state index is 13.1. The number of carboxylic acids is 1. The van der Waals surface area contributed by atoms with E-state index >= 15 is 0 Å². The number of halogens is 3. The Balaban J connectivity index is 3.30. The molecule has 0 unspecified atom stereocenters. The Morgan fingerprint density at radius 3 is 2.47 bits per heavy atom. The molecule has 1 aromatic carbocycles. The molecule has 0 fully saturated rings. The number of carbonyl (C=O) groups is 1. The number of rotatable bonds is 2. The highest BCUT2D eigenvalue weighted by molar-refractivity contribution is 5.85. The molecule has 1 aromatic rings. The summed E-state index contributed by atoms with van der Waals surface area (Å²) >= 11 is 0. The van der Waals surface area contributed by atoms with Crippen LogP contribution in [0, 0.1) is 24.4 Å². The van der Waals surface area contributed by atoms with Crippen LogP contribution in [0.15, 0.2) is 12.1 Å². The van der Waals surface area contributed by atoms with Crippen molar-refractivity contribution in [2.75, 3.05) is 0 Å². The smallest absolute Gasteiger partial charge is 0.328 e. The Morgan fingerprint density at radius 1 is 1.33 bits per heavy atom. The maximum Gasteiger partial charge on any atom is 0.328 e. The summed E-state index contributed by atoms with van der Waals surface area (Å²) in [6.07, 6.45) is 1.54. The third-order valence-electron chi connectivity index (χ3n) is 1.85. The molecule has 1 N–H and O–H groups in total. The number of hydrogen-bond acceptors (Lipinski definition) is 1. The van der Waals surface area contributed by atoms with Crippen LogP contribution in [0.1, 0.15) is 11.1 Å². The molecule has 0 spiro atoms. The van der Waals surface area contributed by atoms with E-state index in [-0.39, 0.29) is 11.1 Å². The topological polar surface area (TPSA) is 37.3 Å². The van der Waals surface area contributed by atoms with Crippen LogP contribution in [-0.2, 0) is 4.79 Å². The molecular weight excluding hydrogens is 209 g/mol. The summed E-state index contributed by atoms with van der Waals surface area (Å²) in [4.78, 5) is 10.2. The van der Waals surface area contributed by atoms with Gasteiger partial charge in [-0.1, -0.05) is 0 Å². The normalized spacial score (nSPS) is 10.9. The van der Waals surface area contributed by atoms with Crippen LogP contribution in [0.2, 0.25) is 0 Å². The van der Waals surface area contributed by atoms with Gasteiger partial charge < -0.3 is 5.11 Å². The largest absolute Gasteiger partial charge is 0.478 e. The Hall–Kier alpha value is -1.78. The zero-order valence-electron chi connectivity index (χ0n) is 7.72. The van der Waals surface area contributed by atoms with Crippen LogP contribution in [0.5, 0.6) is 0 Å². The lowest BCUT2D eigenvalue weighted by atomic mass is 10.1. The van der Waals surface area contributed by atoms with Gasteiger partial charge in [0.15, 0.2) is 11.6 Å². The van der Waals surface area contributed by atoms with E-state index in [1.807, 2.05) is 0 Å². The van der Waals surface area contributed by atoms with Crippen LogP contribution in [0.25, 0.3) is 6.08 Å². The summed E-state index contributed by atoms with van der Waals surface area (Å²) in [5.74, 6) is -4.76. The van der Waals surface area contributed by atoms with Crippen LogP contribution in [0.3, 0.4) is 0 Å². The molecular formula is C10H7F3O2. The predicted octanol–water partition coefficient (Wildman–Crippen LogP) is 2.51. The Morgan fingerprint density at radius 2 is 1.93 bits per heavy atom. The minimum absolute atomic E-state index is 0.259. The summed E-state index contributed by atoms with van der Waals surface area (Å²) in [6.45, 7) is 1.17. The third kappa shape index (κ3) is 2.37. The van der Waals surface area contributed by atoms with Crippen molar-refractivity contribution in [3.05, 3.63) is 40.7 Å². The fourth-order valence-corrected chi connectivity index (χ4v) is 1.09. The van der Waals surface area contributed by atoms with Gasteiger partial charge in [-0.2, -0.15) is 0 Å². The van der Waals surface area contributed by atoms with Gasteiger partial charge >= 0.3 is 5.97 Å². The predicted molar refractivity (Wildman–Crippen MR) is 47.7 cm³/mol. The van der Waals surface area contributed by atoms with Crippen LogP contribution < -0.4 is 0 Å². The van der Waals surface area contributed by atoms with E-state index in [9.17, 15) is 18.0 Å². The average molecular weight is 216 g/mol. The molecule has 2 nitrogen and oxygen atoms in total. The maximum atomic E-state index is 13.1. The lowest BCUT2D eigenvalue weighted by Gasteiger charge is -2.04. The first kappa shape index (κ1) is 11.3. The van der Waals surface area contributed by atoms with Gasteiger partial charge in [-0.05, 0) is 18.6 Å². The van der Waals surface area contributed by atoms with Crippen molar-refractivity contribution in [2.24, 2.45) is 0 Å². The van der Waals surface area contributed by atoms with E-state index in [0.29, 0.717) is 12.1 Å². The van der Waals surface area contributed by atoms with Gasteiger partial charge in [0.2, 0.25) is 0 Å². The molecule has 1 rings (SSSR count). The fraction of sp³-hybridized carbons (Fsp3) is 0.100. The van der Waals surface area contributed by atoms with Crippen LogP contribution >= 0.6 is 0 Å². The minimum atomic E-state index is -1.29. The summed E-state index contributed by atoms with van der Waals surface area (Å²) in [5, 5.41) is 8.30. The van der Waals surface area contributed by atoms with Gasteiger partial charge in [0.25, 0.3) is 0 Å². The number of hydrogen-bond donors (Lipinski definition) is 1. The van der Waals surface area contributed by atoms with Gasteiger partial charge in [0.1, 0.15) is 5.82 Å². The lowest BCUT2D eigenvalue weighted by molar-refractivity contribution is -0.131. The first-order valence-corrected chi connectivity index (χ1v) is 3.98. The molecule has 5 heteroatoms. The molecule has 0 saturated carbocycles. The van der Waals surface area contributed by atoms with Crippen molar-refractivity contribution in [3.63, 3.8) is 0 Å². The Kier molecular flexibility index (Phi) is 3.14. The first-order valence-electron chi connectivity index (χ1n) is 3.98. The summed E-state index contributed by atoms with van der Waals surface area (Å²) in [7, 11) is 0. The Bertz CT molecular complexity index is 439. The van der Waals surface area contributed by atoms with E-state index in [2.05, 4.69) is 0 Å². The standard InChI is InChI=1S/C10H7F3O2/c1-5-6(2-3-9(14)15)7(11)4-8(12)10(5)13/h2-4H,1H3,(H,14,15)/b3-2+.